The summed E-state index contributed by atoms with van der Waals surface area (Å²) in [6.07, 6.45) is 4.64. The first-order valence-corrected chi connectivity index (χ1v) is 16.9. The summed E-state index contributed by atoms with van der Waals surface area (Å²) >= 11 is 1.16. The molecule has 1 amide bonds. The number of nitrogens with one attached hydrogen (secondary N) is 2. The van der Waals surface area contributed by atoms with Crippen LogP contribution in [0.3, 0.4) is 0 Å². The normalized spacial score (nSPS) is 19.4. The molecule has 2 aliphatic heterocycles. The van der Waals surface area contributed by atoms with Gasteiger partial charge in [0.1, 0.15) is 16.7 Å². The quantitative estimate of drug-likeness (QED) is 0.166. The van der Waals surface area contributed by atoms with Gasteiger partial charge in [-0.25, -0.2) is 15.0 Å². The predicted molar refractivity (Wildman–Crippen MR) is 184 cm³/mol. The third-order valence-electron chi connectivity index (χ3n) is 8.47. The number of amides is 1. The first-order valence-electron chi connectivity index (χ1n) is 16.1. The Hall–Kier alpha value is -4.05. The van der Waals surface area contributed by atoms with Crippen molar-refractivity contribution in [2.75, 3.05) is 16.8 Å². The molecule has 1 fully saturated rings. The van der Waals surface area contributed by atoms with Crippen LogP contribution in [-0.4, -0.2) is 37.9 Å². The molecule has 2 aliphatic rings. The van der Waals surface area contributed by atoms with E-state index in [0.717, 1.165) is 49.3 Å². The lowest BCUT2D eigenvalue weighted by Gasteiger charge is -2.34. The molecule has 6 heterocycles. The fraction of sp³-hybridized carbons (Fsp3) is 0.417. The van der Waals surface area contributed by atoms with Crippen molar-refractivity contribution in [2.45, 2.75) is 89.8 Å². The summed E-state index contributed by atoms with van der Waals surface area (Å²) < 4.78 is 17.0. The van der Waals surface area contributed by atoms with Crippen molar-refractivity contribution < 1.29 is 9.18 Å². The van der Waals surface area contributed by atoms with Crippen molar-refractivity contribution in [3.05, 3.63) is 89.6 Å². The molecule has 8 nitrogen and oxygen atoms in total. The van der Waals surface area contributed by atoms with Crippen LogP contribution >= 0.6 is 11.9 Å². The number of hydrogen-bond donors (Lipinski definition) is 2. The average molecular weight is 642 g/mol. The van der Waals surface area contributed by atoms with Crippen LogP contribution in [0.1, 0.15) is 95.4 Å². The van der Waals surface area contributed by atoms with Gasteiger partial charge in [0.2, 0.25) is 5.95 Å². The van der Waals surface area contributed by atoms with Crippen LogP contribution in [0.5, 0.6) is 0 Å². The zero-order valence-electron chi connectivity index (χ0n) is 27.8. The number of pyridine rings is 4. The molecular weight excluding hydrogens is 598 g/mol. The van der Waals surface area contributed by atoms with E-state index in [0.29, 0.717) is 33.7 Å². The van der Waals surface area contributed by atoms with E-state index in [9.17, 15) is 9.18 Å². The van der Waals surface area contributed by atoms with E-state index in [1.165, 1.54) is 11.6 Å². The number of halogens is 1. The van der Waals surface area contributed by atoms with Gasteiger partial charge in [-0.05, 0) is 98.5 Å². The highest BCUT2D eigenvalue weighted by atomic mass is 32.2. The van der Waals surface area contributed by atoms with Gasteiger partial charge in [0.15, 0.2) is 0 Å². The van der Waals surface area contributed by atoms with Crippen LogP contribution in [0, 0.1) is 11.9 Å². The van der Waals surface area contributed by atoms with E-state index >= 15 is 0 Å². The number of carbonyl (C=O) groups excluding carboxylic acids is 1. The van der Waals surface area contributed by atoms with Crippen LogP contribution in [0.15, 0.2) is 71.9 Å². The zero-order chi connectivity index (χ0) is 33.1. The largest absolute Gasteiger partial charge is 0.362 e. The molecule has 46 heavy (non-hydrogen) atoms. The number of carbonyl (C=O) groups is 1. The highest BCUT2D eigenvalue weighted by molar-refractivity contribution is 7.97. The fourth-order valence-electron chi connectivity index (χ4n) is 6.16. The van der Waals surface area contributed by atoms with Gasteiger partial charge in [-0.3, -0.25) is 14.5 Å². The van der Waals surface area contributed by atoms with Crippen LogP contribution in [0.4, 0.5) is 16.0 Å². The predicted octanol–water partition coefficient (Wildman–Crippen LogP) is 8.39. The summed E-state index contributed by atoms with van der Waals surface area (Å²) in [6, 6.07) is 18.1. The highest BCUT2D eigenvalue weighted by Crippen LogP contribution is 2.41. The molecule has 4 bridgehead atoms. The van der Waals surface area contributed by atoms with E-state index in [4.69, 9.17) is 15.0 Å². The lowest BCUT2D eigenvalue weighted by Crippen LogP contribution is -2.40. The van der Waals surface area contributed by atoms with Gasteiger partial charge < -0.3 is 10.2 Å². The molecule has 0 radical (unpaired) electrons. The molecule has 2 unspecified atom stereocenters. The highest BCUT2D eigenvalue weighted by Gasteiger charge is 2.41. The summed E-state index contributed by atoms with van der Waals surface area (Å²) in [4.78, 5) is 34.5. The van der Waals surface area contributed by atoms with Crippen molar-refractivity contribution in [1.29, 1.82) is 0 Å². The number of rotatable bonds is 2. The molecule has 10 heteroatoms. The Morgan fingerprint density at radius 3 is 2.48 bits per heavy atom. The molecule has 4 aromatic heterocycles. The minimum absolute atomic E-state index is 0.000761. The first-order chi connectivity index (χ1) is 22.0. The van der Waals surface area contributed by atoms with Crippen molar-refractivity contribution in [2.24, 2.45) is 5.92 Å². The van der Waals surface area contributed by atoms with Crippen LogP contribution in [0.25, 0.3) is 11.4 Å². The lowest BCUT2D eigenvalue weighted by molar-refractivity contribution is 0.0984. The average Bonchev–Trinajstić information content (AvgIpc) is 3.35. The van der Waals surface area contributed by atoms with Gasteiger partial charge in [-0.15, -0.1) is 0 Å². The summed E-state index contributed by atoms with van der Waals surface area (Å²) in [5.41, 5.74) is 3.36. The maximum absolute atomic E-state index is 14.0. The molecule has 242 valence electrons. The van der Waals surface area contributed by atoms with Gasteiger partial charge in [-0.1, -0.05) is 46.8 Å². The summed E-state index contributed by atoms with van der Waals surface area (Å²) in [7, 11) is 0. The molecule has 6 rings (SSSR count). The Balaban J connectivity index is 0.00000204. The number of fused-ring (bicyclic) bond motifs is 6. The van der Waals surface area contributed by atoms with Gasteiger partial charge >= 0.3 is 0 Å². The van der Waals surface area contributed by atoms with E-state index in [-0.39, 0.29) is 22.9 Å². The maximum atomic E-state index is 14.0. The van der Waals surface area contributed by atoms with Gasteiger partial charge in [0, 0.05) is 30.2 Å². The van der Waals surface area contributed by atoms with Crippen molar-refractivity contribution in [3.63, 3.8) is 0 Å². The Labute approximate surface area is 276 Å². The standard InChI is InChI=1S/C34H38FN7OS.C2H6/c1-33(2,3)22-16-17-36-27(18-22)26-14-12-21-19-34(4,5)42(20-21)31-23(13-15-25(39-31)24-8-6-9-28(35)37-24)32(43)41-44-30-11-7-10-29(38-26)40-30;1-2/h6-11,13,15-18,21,26H,12,14,19-20H2,1-5H3,(H,38,40)(H,41,43);1-2H3. The minimum atomic E-state index is -0.573. The van der Waals surface area contributed by atoms with Crippen LogP contribution < -0.4 is 14.9 Å². The first kappa shape index (κ1) is 33.3. The molecule has 0 aromatic carbocycles. The van der Waals surface area contributed by atoms with Gasteiger partial charge in [0.05, 0.1) is 28.7 Å². The molecule has 0 aliphatic carbocycles. The monoisotopic (exact) mass is 641 g/mol. The number of aromatic nitrogens is 4. The SMILES string of the molecule is CC.CC(C)(C)c1ccnc(C2CCC3CN(c4nc(-c5cccc(F)n5)ccc4C(=O)NSc4cccc(n4)N2)C(C)(C)C3)c1. The van der Waals surface area contributed by atoms with E-state index < -0.39 is 5.95 Å². The zero-order valence-corrected chi connectivity index (χ0v) is 28.6. The van der Waals surface area contributed by atoms with E-state index in [1.54, 1.807) is 24.3 Å². The summed E-state index contributed by atoms with van der Waals surface area (Å²) in [5.74, 6) is 0.815. The second-order valence-electron chi connectivity index (χ2n) is 13.3. The van der Waals surface area contributed by atoms with Crippen molar-refractivity contribution in [3.8, 4) is 11.4 Å². The molecule has 4 aromatic rings. The Morgan fingerprint density at radius 2 is 1.72 bits per heavy atom. The van der Waals surface area contributed by atoms with Gasteiger partial charge in [-0.2, -0.15) is 4.39 Å². The van der Waals surface area contributed by atoms with Crippen molar-refractivity contribution >= 4 is 29.5 Å². The Kier molecular flexibility index (Phi) is 9.96. The lowest BCUT2D eigenvalue weighted by atomic mass is 9.86. The van der Waals surface area contributed by atoms with Gasteiger partial charge in [0.25, 0.3) is 5.91 Å². The molecule has 2 atom stereocenters. The second-order valence-corrected chi connectivity index (χ2v) is 14.1. The van der Waals surface area contributed by atoms with E-state index in [1.807, 2.05) is 38.2 Å². The van der Waals surface area contributed by atoms with Crippen molar-refractivity contribution in [1.82, 2.24) is 24.7 Å². The Morgan fingerprint density at radius 1 is 0.957 bits per heavy atom. The third-order valence-corrected chi connectivity index (χ3v) is 9.20. The topological polar surface area (TPSA) is 95.9 Å². The fourth-order valence-corrected chi connectivity index (χ4v) is 6.76. The number of nitrogens with zero attached hydrogens (tertiary/aromatic N) is 5. The molecule has 0 saturated carbocycles. The third kappa shape index (κ3) is 7.49. The Bertz CT molecular complexity index is 1690. The summed E-state index contributed by atoms with van der Waals surface area (Å²) in [5, 5.41) is 4.32. The van der Waals surface area contributed by atoms with Crippen LogP contribution in [-0.2, 0) is 5.41 Å². The smallest absolute Gasteiger partial charge is 0.265 e. The maximum Gasteiger partial charge on any atom is 0.265 e. The molecule has 1 saturated heterocycles. The number of anilines is 2. The van der Waals surface area contributed by atoms with E-state index in [2.05, 4.69) is 66.7 Å². The second kappa shape index (κ2) is 13.7. The van der Waals surface area contributed by atoms with Crippen LogP contribution in [0.2, 0.25) is 0 Å². The molecule has 2 N–H and O–H groups in total. The summed E-state index contributed by atoms with van der Waals surface area (Å²) in [6.45, 7) is 15.8. The number of hydrogen-bond acceptors (Lipinski definition) is 8. The minimum Gasteiger partial charge on any atom is -0.362 e. The molecular formula is C36H44FN7OS. The molecule has 0 spiro atoms.